The van der Waals surface area contributed by atoms with Gasteiger partial charge in [-0.05, 0) is 54.1 Å². The summed E-state index contributed by atoms with van der Waals surface area (Å²) in [4.78, 5) is 32.3. The summed E-state index contributed by atoms with van der Waals surface area (Å²) in [7, 11) is -2.62. The van der Waals surface area contributed by atoms with Crippen molar-refractivity contribution in [3.63, 3.8) is 0 Å². The molecule has 0 radical (unpaired) electrons. The van der Waals surface area contributed by atoms with E-state index in [-0.39, 0.29) is 16.2 Å². The fraction of sp³-hybridized carbons (Fsp3) is 0.0476. The lowest BCUT2D eigenvalue weighted by Gasteiger charge is -2.08. The number of hydrazone groups is 1. The number of methoxy groups -OCH3 is 1. The first-order chi connectivity index (χ1) is 16.6. The second-order valence-electron chi connectivity index (χ2n) is 6.73. The van der Waals surface area contributed by atoms with Crippen molar-refractivity contribution < 1.29 is 32.0 Å². The molecule has 180 valence electrons. The number of carbonyl (C=O) groups excluding carboxylic acids is 1. The first kappa shape index (κ1) is 24.8. The molecule has 13 nitrogen and oxygen atoms in total. The normalized spacial score (nSPS) is 11.1. The standard InChI is InChI=1S/C21H16N4O9S/c1-33-18-6-8-20(9-7-18)35(31,32)34-19-4-2-14(3-5-19)13-22-23-21(26)15-10-16(24(27)28)12-17(11-15)25(29)30/h2-13H,1H3,(H,23,26). The maximum absolute atomic E-state index is 12.4. The number of nitro groups is 2. The molecule has 3 aromatic rings. The van der Waals surface area contributed by atoms with Gasteiger partial charge in [0, 0.05) is 12.1 Å². The van der Waals surface area contributed by atoms with E-state index in [0.717, 1.165) is 18.2 Å². The van der Waals surface area contributed by atoms with Gasteiger partial charge in [-0.3, -0.25) is 25.0 Å². The molecule has 0 aromatic heterocycles. The van der Waals surface area contributed by atoms with Crippen LogP contribution < -0.4 is 14.3 Å². The SMILES string of the molecule is COc1ccc(S(=O)(=O)Oc2ccc(C=NNC(=O)c3cc([N+](=O)[O-])cc([N+](=O)[O-])c3)cc2)cc1. The molecule has 0 aliphatic heterocycles. The zero-order valence-corrected chi connectivity index (χ0v) is 18.7. The van der Waals surface area contributed by atoms with Crippen molar-refractivity contribution in [1.82, 2.24) is 5.43 Å². The van der Waals surface area contributed by atoms with E-state index in [4.69, 9.17) is 8.92 Å². The Morgan fingerprint density at radius 2 is 1.46 bits per heavy atom. The summed E-state index contributed by atoms with van der Waals surface area (Å²) >= 11 is 0. The van der Waals surface area contributed by atoms with Crippen molar-refractivity contribution in [2.75, 3.05) is 7.11 Å². The summed E-state index contributed by atoms with van der Waals surface area (Å²) < 4.78 is 34.8. The third-order valence-electron chi connectivity index (χ3n) is 4.40. The van der Waals surface area contributed by atoms with Crippen LogP contribution in [0, 0.1) is 20.2 Å². The minimum Gasteiger partial charge on any atom is -0.497 e. The summed E-state index contributed by atoms with van der Waals surface area (Å²) in [6, 6.07) is 13.8. The van der Waals surface area contributed by atoms with Crippen LogP contribution in [0.3, 0.4) is 0 Å². The fourth-order valence-electron chi connectivity index (χ4n) is 2.69. The Kier molecular flexibility index (Phi) is 7.36. The van der Waals surface area contributed by atoms with Gasteiger partial charge < -0.3 is 8.92 Å². The lowest BCUT2D eigenvalue weighted by atomic mass is 10.1. The van der Waals surface area contributed by atoms with E-state index < -0.39 is 37.2 Å². The highest BCUT2D eigenvalue weighted by Crippen LogP contribution is 2.23. The number of non-ortho nitro benzene ring substituents is 2. The van der Waals surface area contributed by atoms with Crippen LogP contribution in [0.5, 0.6) is 11.5 Å². The topological polar surface area (TPSA) is 180 Å². The summed E-state index contributed by atoms with van der Waals surface area (Å²) in [6.45, 7) is 0. The van der Waals surface area contributed by atoms with E-state index in [9.17, 15) is 33.4 Å². The van der Waals surface area contributed by atoms with Gasteiger partial charge in [-0.2, -0.15) is 13.5 Å². The lowest BCUT2D eigenvalue weighted by Crippen LogP contribution is -2.18. The zero-order chi connectivity index (χ0) is 25.6. The molecule has 1 amide bonds. The molecule has 1 N–H and O–H groups in total. The Morgan fingerprint density at radius 3 is 1.97 bits per heavy atom. The Labute approximate surface area is 198 Å². The molecule has 35 heavy (non-hydrogen) atoms. The Morgan fingerprint density at radius 1 is 0.914 bits per heavy atom. The average Bonchev–Trinajstić information content (AvgIpc) is 2.84. The first-order valence-electron chi connectivity index (χ1n) is 9.55. The molecule has 0 unspecified atom stereocenters. The van der Waals surface area contributed by atoms with Crippen LogP contribution in [0.2, 0.25) is 0 Å². The number of nitrogens with zero attached hydrogens (tertiary/aromatic N) is 3. The van der Waals surface area contributed by atoms with Crippen LogP contribution in [-0.2, 0) is 10.1 Å². The molecular formula is C21H16N4O9S. The van der Waals surface area contributed by atoms with E-state index >= 15 is 0 Å². The van der Waals surface area contributed by atoms with Crippen LogP contribution in [-0.4, -0.2) is 37.5 Å². The Hall–Kier alpha value is -4.85. The minimum absolute atomic E-state index is 0.0332. The molecule has 0 atom stereocenters. The van der Waals surface area contributed by atoms with E-state index in [2.05, 4.69) is 10.5 Å². The van der Waals surface area contributed by atoms with Gasteiger partial charge in [0.05, 0.1) is 34.8 Å². The number of hydrogen-bond acceptors (Lipinski definition) is 10. The minimum atomic E-state index is -4.07. The number of nitrogens with one attached hydrogen (secondary N) is 1. The molecule has 0 heterocycles. The summed E-state index contributed by atoms with van der Waals surface area (Å²) in [5.74, 6) is -0.382. The molecule has 0 spiro atoms. The van der Waals surface area contributed by atoms with Crippen molar-refractivity contribution in [2.24, 2.45) is 5.10 Å². The highest BCUT2D eigenvalue weighted by molar-refractivity contribution is 7.87. The van der Waals surface area contributed by atoms with E-state index in [0.29, 0.717) is 11.3 Å². The molecule has 0 saturated heterocycles. The number of benzene rings is 3. The quantitative estimate of drug-likeness (QED) is 0.200. The molecular weight excluding hydrogens is 484 g/mol. The van der Waals surface area contributed by atoms with Gasteiger partial charge in [0.15, 0.2) is 0 Å². The van der Waals surface area contributed by atoms with Gasteiger partial charge in [-0.25, -0.2) is 5.43 Å². The highest BCUT2D eigenvalue weighted by atomic mass is 32.2. The Balaban J connectivity index is 1.66. The van der Waals surface area contributed by atoms with Crippen molar-refractivity contribution in [3.8, 4) is 11.5 Å². The molecule has 14 heteroatoms. The number of rotatable bonds is 9. The first-order valence-corrected chi connectivity index (χ1v) is 11.0. The number of carbonyl (C=O) groups is 1. The molecule has 0 bridgehead atoms. The van der Waals surface area contributed by atoms with Crippen LogP contribution in [0.4, 0.5) is 11.4 Å². The maximum Gasteiger partial charge on any atom is 0.339 e. The average molecular weight is 500 g/mol. The predicted octanol–water partition coefficient (Wildman–Crippen LogP) is 3.04. The third kappa shape index (κ3) is 6.35. The lowest BCUT2D eigenvalue weighted by molar-refractivity contribution is -0.394. The number of nitro benzene ring substituents is 2. The number of amides is 1. The molecule has 0 saturated carbocycles. The van der Waals surface area contributed by atoms with Gasteiger partial charge in [0.25, 0.3) is 17.3 Å². The summed E-state index contributed by atoms with van der Waals surface area (Å²) in [6.07, 6.45) is 1.21. The monoisotopic (exact) mass is 500 g/mol. The van der Waals surface area contributed by atoms with E-state index in [1.165, 1.54) is 61.9 Å². The van der Waals surface area contributed by atoms with Gasteiger partial charge in [-0.15, -0.1) is 0 Å². The van der Waals surface area contributed by atoms with Gasteiger partial charge >= 0.3 is 10.1 Å². The fourth-order valence-corrected chi connectivity index (χ4v) is 3.62. The highest BCUT2D eigenvalue weighted by Gasteiger charge is 2.20. The van der Waals surface area contributed by atoms with Gasteiger partial charge in [-0.1, -0.05) is 0 Å². The number of hydrogen-bond donors (Lipinski definition) is 1. The molecule has 0 aliphatic carbocycles. The van der Waals surface area contributed by atoms with E-state index in [1.54, 1.807) is 0 Å². The molecule has 0 aliphatic rings. The van der Waals surface area contributed by atoms with Gasteiger partial charge in [0.1, 0.15) is 16.4 Å². The second-order valence-corrected chi connectivity index (χ2v) is 8.28. The predicted molar refractivity (Wildman–Crippen MR) is 122 cm³/mol. The Bertz CT molecular complexity index is 1370. The number of ether oxygens (including phenoxy) is 1. The van der Waals surface area contributed by atoms with Crippen LogP contribution in [0.1, 0.15) is 15.9 Å². The third-order valence-corrected chi connectivity index (χ3v) is 5.66. The molecule has 0 fully saturated rings. The summed E-state index contributed by atoms with van der Waals surface area (Å²) in [5.41, 5.74) is 1.00. The summed E-state index contributed by atoms with van der Waals surface area (Å²) in [5, 5.41) is 25.6. The van der Waals surface area contributed by atoms with Crippen LogP contribution in [0.25, 0.3) is 0 Å². The largest absolute Gasteiger partial charge is 0.497 e. The molecule has 3 aromatic carbocycles. The van der Waals surface area contributed by atoms with Crippen molar-refractivity contribution in [2.45, 2.75) is 4.90 Å². The van der Waals surface area contributed by atoms with Crippen molar-refractivity contribution in [3.05, 3.63) is 98.1 Å². The van der Waals surface area contributed by atoms with Crippen LogP contribution >= 0.6 is 0 Å². The molecule has 3 rings (SSSR count). The van der Waals surface area contributed by atoms with E-state index in [1.807, 2.05) is 0 Å². The van der Waals surface area contributed by atoms with Crippen LogP contribution in [0.15, 0.2) is 76.7 Å². The van der Waals surface area contributed by atoms with Crippen molar-refractivity contribution in [1.29, 1.82) is 0 Å². The smallest absolute Gasteiger partial charge is 0.339 e. The zero-order valence-electron chi connectivity index (χ0n) is 17.9. The van der Waals surface area contributed by atoms with Gasteiger partial charge in [0.2, 0.25) is 0 Å². The maximum atomic E-state index is 12.4. The van der Waals surface area contributed by atoms with Crippen molar-refractivity contribution >= 4 is 33.6 Å². The second kappa shape index (κ2) is 10.4.